The third-order valence-electron chi connectivity index (χ3n) is 4.91. The van der Waals surface area contributed by atoms with E-state index < -0.39 is 0 Å². The molecule has 0 saturated heterocycles. The highest BCUT2D eigenvalue weighted by Gasteiger charge is 2.54. The number of carbonyl (C=O) groups is 1. The van der Waals surface area contributed by atoms with Crippen LogP contribution in [0.2, 0.25) is 0 Å². The third kappa shape index (κ3) is 1.73. The maximum absolute atomic E-state index is 12.4. The van der Waals surface area contributed by atoms with Crippen LogP contribution in [0, 0.1) is 23.2 Å². The Kier molecular flexibility index (Phi) is 2.81. The molecule has 0 spiro atoms. The van der Waals surface area contributed by atoms with Crippen molar-refractivity contribution in [3.05, 3.63) is 0 Å². The number of hydrogen-bond acceptors (Lipinski definition) is 2. The van der Waals surface area contributed by atoms with Crippen LogP contribution < -0.4 is 0 Å². The van der Waals surface area contributed by atoms with E-state index in [0.717, 1.165) is 29.9 Å². The first-order valence-electron chi connectivity index (χ1n) is 6.89. The quantitative estimate of drug-likeness (QED) is 0.742. The van der Waals surface area contributed by atoms with Crippen molar-refractivity contribution in [3.8, 4) is 0 Å². The molecule has 4 rings (SSSR count). The van der Waals surface area contributed by atoms with Gasteiger partial charge in [0.05, 0.1) is 0 Å². The van der Waals surface area contributed by atoms with Gasteiger partial charge in [-0.15, -0.1) is 0 Å². The van der Waals surface area contributed by atoms with Crippen molar-refractivity contribution >= 4 is 16.9 Å². The number of hydrogen-bond donors (Lipinski definition) is 0. The Balaban J connectivity index is 1.75. The maximum atomic E-state index is 12.4. The lowest BCUT2D eigenvalue weighted by molar-refractivity contribution is -0.134. The highest BCUT2D eigenvalue weighted by atomic mass is 32.2. The largest absolute Gasteiger partial charge is 0.287 e. The van der Waals surface area contributed by atoms with Gasteiger partial charge in [0.2, 0.25) is 0 Å². The molecule has 4 saturated carbocycles. The van der Waals surface area contributed by atoms with E-state index in [2.05, 4.69) is 6.92 Å². The first-order chi connectivity index (χ1) is 7.72. The molecule has 4 fully saturated rings. The molecule has 1 nitrogen and oxygen atoms in total. The molecular weight excluding hydrogens is 216 g/mol. The molecule has 0 N–H and O–H groups in total. The van der Waals surface area contributed by atoms with Crippen LogP contribution in [0.15, 0.2) is 0 Å². The molecule has 2 heteroatoms. The third-order valence-corrected chi connectivity index (χ3v) is 6.22. The van der Waals surface area contributed by atoms with Gasteiger partial charge in [-0.2, -0.15) is 0 Å². The number of carbonyl (C=O) groups excluding carboxylic acids is 1. The highest BCUT2D eigenvalue weighted by Crippen LogP contribution is 2.61. The summed E-state index contributed by atoms with van der Waals surface area (Å²) in [6.07, 6.45) is 9.13. The van der Waals surface area contributed by atoms with E-state index in [-0.39, 0.29) is 5.41 Å². The van der Waals surface area contributed by atoms with Gasteiger partial charge in [0.1, 0.15) is 0 Å². The molecule has 0 aromatic carbocycles. The Hall–Kier alpha value is 0.0200. The van der Waals surface area contributed by atoms with Crippen LogP contribution in [0.4, 0.5) is 0 Å². The minimum Gasteiger partial charge on any atom is -0.287 e. The summed E-state index contributed by atoms with van der Waals surface area (Å²) in [4.78, 5) is 12.4. The molecular formula is C14H22OS. The van der Waals surface area contributed by atoms with Gasteiger partial charge in [-0.05, 0) is 62.7 Å². The fraction of sp³-hybridized carbons (Fsp3) is 0.929. The van der Waals surface area contributed by atoms with Gasteiger partial charge in [0, 0.05) is 11.2 Å². The van der Waals surface area contributed by atoms with Crippen molar-refractivity contribution in [1.82, 2.24) is 0 Å². The van der Waals surface area contributed by atoms with E-state index in [4.69, 9.17) is 0 Å². The molecule has 0 radical (unpaired) electrons. The Morgan fingerprint density at radius 3 is 2.06 bits per heavy atom. The van der Waals surface area contributed by atoms with Crippen molar-refractivity contribution in [2.45, 2.75) is 51.9 Å². The van der Waals surface area contributed by atoms with E-state index in [0.29, 0.717) is 5.12 Å². The molecule has 0 unspecified atom stereocenters. The van der Waals surface area contributed by atoms with Crippen LogP contribution in [0.25, 0.3) is 0 Å². The van der Waals surface area contributed by atoms with E-state index in [1.54, 1.807) is 11.8 Å². The summed E-state index contributed by atoms with van der Waals surface area (Å²) in [6, 6.07) is 0. The molecule has 0 heterocycles. The second-order valence-corrected chi connectivity index (χ2v) is 7.40. The maximum Gasteiger partial charge on any atom is 0.195 e. The Morgan fingerprint density at radius 2 is 1.62 bits per heavy atom. The van der Waals surface area contributed by atoms with Crippen LogP contribution in [0.5, 0.6) is 0 Å². The van der Waals surface area contributed by atoms with Gasteiger partial charge in [0.15, 0.2) is 5.12 Å². The average molecular weight is 238 g/mol. The van der Waals surface area contributed by atoms with E-state index in [1.807, 2.05) is 0 Å². The van der Waals surface area contributed by atoms with Crippen LogP contribution in [-0.2, 0) is 4.79 Å². The van der Waals surface area contributed by atoms with Gasteiger partial charge in [-0.25, -0.2) is 0 Å². The molecule has 4 aliphatic carbocycles. The predicted molar refractivity (Wildman–Crippen MR) is 68.4 cm³/mol. The zero-order valence-corrected chi connectivity index (χ0v) is 11.0. The smallest absolute Gasteiger partial charge is 0.195 e. The van der Waals surface area contributed by atoms with Gasteiger partial charge < -0.3 is 0 Å². The van der Waals surface area contributed by atoms with E-state index in [9.17, 15) is 4.79 Å². The van der Waals surface area contributed by atoms with Crippen molar-refractivity contribution in [3.63, 3.8) is 0 Å². The minimum atomic E-state index is 0.134. The lowest BCUT2D eigenvalue weighted by Gasteiger charge is -2.55. The predicted octanol–water partition coefficient (Wildman–Crippen LogP) is 3.87. The second kappa shape index (κ2) is 4.04. The van der Waals surface area contributed by atoms with Gasteiger partial charge in [0.25, 0.3) is 0 Å². The van der Waals surface area contributed by atoms with Crippen LogP contribution in [0.3, 0.4) is 0 Å². The SMILES string of the molecule is CCCSC(=O)C12CC3CC(CC(C3)C1)C2. The zero-order valence-electron chi connectivity index (χ0n) is 10.2. The zero-order chi connectivity index (χ0) is 11.2. The first-order valence-corrected chi connectivity index (χ1v) is 7.87. The summed E-state index contributed by atoms with van der Waals surface area (Å²) in [5.41, 5.74) is 0.134. The van der Waals surface area contributed by atoms with Crippen molar-refractivity contribution in [2.75, 3.05) is 5.75 Å². The fourth-order valence-corrected chi connectivity index (χ4v) is 5.65. The lowest BCUT2D eigenvalue weighted by atomic mass is 9.50. The summed E-state index contributed by atoms with van der Waals surface area (Å²) in [5, 5.41) is 0.549. The number of rotatable bonds is 3. The monoisotopic (exact) mass is 238 g/mol. The number of thioether (sulfide) groups is 1. The molecule has 0 aliphatic heterocycles. The first kappa shape index (κ1) is 11.1. The summed E-state index contributed by atoms with van der Waals surface area (Å²) in [7, 11) is 0. The molecule has 4 bridgehead atoms. The minimum absolute atomic E-state index is 0.134. The van der Waals surface area contributed by atoms with Crippen molar-refractivity contribution < 1.29 is 4.79 Å². The van der Waals surface area contributed by atoms with Crippen molar-refractivity contribution in [2.24, 2.45) is 23.2 Å². The van der Waals surface area contributed by atoms with Gasteiger partial charge in [-0.3, -0.25) is 4.79 Å². The molecule has 16 heavy (non-hydrogen) atoms. The summed E-state index contributed by atoms with van der Waals surface area (Å²) >= 11 is 1.63. The molecule has 0 aromatic heterocycles. The average Bonchev–Trinajstić information content (AvgIpc) is 2.24. The van der Waals surface area contributed by atoms with Crippen LogP contribution >= 0.6 is 11.8 Å². The Labute approximate surface area is 103 Å². The van der Waals surface area contributed by atoms with E-state index >= 15 is 0 Å². The molecule has 0 atom stereocenters. The Bertz CT molecular complexity index is 262. The Morgan fingerprint density at radius 1 is 1.12 bits per heavy atom. The van der Waals surface area contributed by atoms with Gasteiger partial charge >= 0.3 is 0 Å². The van der Waals surface area contributed by atoms with Crippen molar-refractivity contribution in [1.29, 1.82) is 0 Å². The van der Waals surface area contributed by atoms with Crippen LogP contribution in [-0.4, -0.2) is 10.9 Å². The van der Waals surface area contributed by atoms with E-state index in [1.165, 1.54) is 38.5 Å². The summed E-state index contributed by atoms with van der Waals surface area (Å²) < 4.78 is 0. The summed E-state index contributed by atoms with van der Waals surface area (Å²) in [5.74, 6) is 3.73. The lowest BCUT2D eigenvalue weighted by Crippen LogP contribution is -2.49. The van der Waals surface area contributed by atoms with Crippen LogP contribution in [0.1, 0.15) is 51.9 Å². The van der Waals surface area contributed by atoms with Gasteiger partial charge in [-0.1, -0.05) is 18.7 Å². The highest BCUT2D eigenvalue weighted by molar-refractivity contribution is 8.13. The molecule has 90 valence electrons. The molecule has 0 aromatic rings. The second-order valence-electron chi connectivity index (χ2n) is 6.33. The fourth-order valence-electron chi connectivity index (χ4n) is 4.71. The molecule has 0 amide bonds. The molecule has 4 aliphatic rings. The normalized spacial score (nSPS) is 44.9. The standard InChI is InChI=1S/C14H22OS/c1-2-3-16-13(15)14-7-10-4-11(8-14)6-12(5-10)9-14/h10-12H,2-9H2,1H3. The topological polar surface area (TPSA) is 17.1 Å². The summed E-state index contributed by atoms with van der Waals surface area (Å²) in [6.45, 7) is 2.17.